The number of ketones is 1. The van der Waals surface area contributed by atoms with Gasteiger partial charge in [-0.3, -0.25) is 4.79 Å². The lowest BCUT2D eigenvalue weighted by Crippen LogP contribution is -2.51. The fourth-order valence-electron chi connectivity index (χ4n) is 7.63. The Morgan fingerprint density at radius 3 is 2.77 bits per heavy atom. The Bertz CT molecular complexity index is 623. The minimum atomic E-state index is -0.401. The summed E-state index contributed by atoms with van der Waals surface area (Å²) in [5, 5.41) is 0. The number of carbonyl (C=O) groups is 1. The summed E-state index contributed by atoms with van der Waals surface area (Å²) in [4.78, 5) is 12.9. The molecule has 1 saturated heterocycles. The van der Waals surface area contributed by atoms with Crippen LogP contribution in [0.5, 0.6) is 0 Å². The number of rotatable bonds is 2. The van der Waals surface area contributed by atoms with E-state index in [1.165, 1.54) is 19.3 Å². The van der Waals surface area contributed by atoms with Crippen molar-refractivity contribution < 1.29 is 14.3 Å². The van der Waals surface area contributed by atoms with E-state index in [1.54, 1.807) is 5.57 Å². The van der Waals surface area contributed by atoms with E-state index in [0.717, 1.165) is 61.6 Å². The summed E-state index contributed by atoms with van der Waals surface area (Å²) < 4.78 is 13.1. The number of alkyl halides is 1. The second kappa shape index (κ2) is 6.55. The van der Waals surface area contributed by atoms with Gasteiger partial charge in [-0.05, 0) is 74.2 Å². The van der Waals surface area contributed by atoms with Gasteiger partial charge < -0.3 is 9.47 Å². The number of Topliss-reactive ketones (excluding diaryl/α,β-unsaturated/α-hetero) is 1. The summed E-state index contributed by atoms with van der Waals surface area (Å²) in [5.74, 6) is 3.77. The van der Waals surface area contributed by atoms with Crippen molar-refractivity contribution in [3.63, 3.8) is 0 Å². The summed E-state index contributed by atoms with van der Waals surface area (Å²) in [6.07, 6.45) is 11.3. The number of hydrogen-bond donors (Lipinski definition) is 0. The highest BCUT2D eigenvalue weighted by Crippen LogP contribution is 2.63. The molecule has 0 aromatic carbocycles. The first-order valence-corrected chi connectivity index (χ1v) is 12.2. The van der Waals surface area contributed by atoms with Crippen LogP contribution in [0.3, 0.4) is 0 Å². The maximum Gasteiger partial charge on any atom is 0.188 e. The van der Waals surface area contributed by atoms with Crippen molar-refractivity contribution in [1.29, 1.82) is 0 Å². The van der Waals surface area contributed by atoms with Gasteiger partial charge in [0.25, 0.3) is 0 Å². The molecule has 4 unspecified atom stereocenters. The van der Waals surface area contributed by atoms with Gasteiger partial charge in [-0.25, -0.2) is 0 Å². The summed E-state index contributed by atoms with van der Waals surface area (Å²) in [7, 11) is 0. The summed E-state index contributed by atoms with van der Waals surface area (Å²) in [5.41, 5.74) is 1.64. The first kappa shape index (κ1) is 18.1. The molecule has 0 aromatic heterocycles. The van der Waals surface area contributed by atoms with Gasteiger partial charge in [0.1, 0.15) is 5.78 Å². The van der Waals surface area contributed by atoms with E-state index in [4.69, 9.17) is 9.47 Å². The smallest absolute Gasteiger partial charge is 0.188 e. The van der Waals surface area contributed by atoms with E-state index in [0.29, 0.717) is 23.5 Å². The van der Waals surface area contributed by atoms with Crippen LogP contribution in [0.2, 0.25) is 0 Å². The number of fused-ring (bicyclic) bond motifs is 5. The minimum absolute atomic E-state index is 0.0331. The lowest BCUT2D eigenvalue weighted by atomic mass is 9.49. The molecule has 6 atom stereocenters. The molecule has 4 heteroatoms. The highest BCUT2D eigenvalue weighted by atomic mass is 127. The number of halogens is 1. The molecule has 0 radical (unpaired) electrons. The first-order valence-electron chi connectivity index (χ1n) is 10.7. The minimum Gasteiger partial charge on any atom is -0.344 e. The third kappa shape index (κ3) is 2.53. The molecular formula is C22H31IO3. The molecule has 3 saturated carbocycles. The Morgan fingerprint density at radius 2 is 2.00 bits per heavy atom. The van der Waals surface area contributed by atoms with Crippen LogP contribution in [0.1, 0.15) is 58.3 Å². The van der Waals surface area contributed by atoms with Gasteiger partial charge in [0, 0.05) is 22.7 Å². The maximum atomic E-state index is 12.9. The highest BCUT2D eigenvalue weighted by Gasteiger charge is 2.60. The van der Waals surface area contributed by atoms with E-state index < -0.39 is 5.79 Å². The van der Waals surface area contributed by atoms with Crippen LogP contribution >= 0.6 is 22.6 Å². The molecule has 0 N–H and O–H groups in total. The van der Waals surface area contributed by atoms with E-state index in [9.17, 15) is 4.79 Å². The Morgan fingerprint density at radius 1 is 1.19 bits per heavy atom. The lowest BCUT2D eigenvalue weighted by Gasteiger charge is -2.56. The Hall–Kier alpha value is 0.0600. The Labute approximate surface area is 170 Å². The molecule has 3 nitrogen and oxygen atoms in total. The van der Waals surface area contributed by atoms with Crippen LogP contribution in [-0.2, 0) is 14.3 Å². The number of carbonyl (C=O) groups excluding carboxylic acids is 1. The topological polar surface area (TPSA) is 35.5 Å². The van der Waals surface area contributed by atoms with Gasteiger partial charge in [-0.1, -0.05) is 35.1 Å². The standard InChI is InChI=1S/C22H31IO3/c1-14-12-15-13-22(25-10-11-26-22)7-5-16(15)17-4-6-21(8-9-23)18(20(14)17)2-3-19(21)24/h13-14,16-18,20H,2-12H2,1H3/t14-,16?,17?,18?,20?,21-/m1/s1. The normalized spacial score (nSPS) is 46.6. The average Bonchev–Trinajstić information content (AvgIpc) is 3.20. The van der Waals surface area contributed by atoms with Gasteiger partial charge in [-0.2, -0.15) is 0 Å². The van der Waals surface area contributed by atoms with Crippen LogP contribution in [0, 0.1) is 35.0 Å². The van der Waals surface area contributed by atoms with E-state index in [2.05, 4.69) is 35.6 Å². The van der Waals surface area contributed by atoms with Gasteiger partial charge in [0.2, 0.25) is 0 Å². The van der Waals surface area contributed by atoms with Crippen molar-refractivity contribution in [2.24, 2.45) is 35.0 Å². The third-order valence-corrected chi connectivity index (χ3v) is 9.10. The zero-order valence-corrected chi connectivity index (χ0v) is 18.0. The fraction of sp³-hybridized carbons (Fsp3) is 0.864. The quantitative estimate of drug-likeness (QED) is 0.327. The fourth-order valence-corrected chi connectivity index (χ4v) is 8.60. The summed E-state index contributed by atoms with van der Waals surface area (Å²) in [6.45, 7) is 3.92. The number of hydrogen-bond acceptors (Lipinski definition) is 3. The second-order valence-electron chi connectivity index (χ2n) is 9.50. The predicted octanol–water partition coefficient (Wildman–Crippen LogP) is 4.92. The molecule has 0 aromatic rings. The first-order chi connectivity index (χ1) is 12.6. The zero-order chi connectivity index (χ0) is 17.9. The van der Waals surface area contributed by atoms with Crippen LogP contribution < -0.4 is 0 Å². The Balaban J connectivity index is 1.46. The van der Waals surface area contributed by atoms with E-state index in [-0.39, 0.29) is 5.41 Å². The monoisotopic (exact) mass is 470 g/mol. The molecular weight excluding hydrogens is 439 g/mol. The summed E-state index contributed by atoms with van der Waals surface area (Å²) >= 11 is 2.48. The molecule has 0 amide bonds. The highest BCUT2D eigenvalue weighted by molar-refractivity contribution is 14.1. The maximum absolute atomic E-state index is 12.9. The van der Waals surface area contributed by atoms with Crippen molar-refractivity contribution >= 4 is 28.4 Å². The molecule has 4 aliphatic carbocycles. The predicted molar refractivity (Wildman–Crippen MR) is 109 cm³/mol. The molecule has 1 heterocycles. The molecule has 5 rings (SSSR count). The zero-order valence-electron chi connectivity index (χ0n) is 15.8. The van der Waals surface area contributed by atoms with Crippen LogP contribution in [0.15, 0.2) is 11.6 Å². The van der Waals surface area contributed by atoms with Crippen LogP contribution in [-0.4, -0.2) is 29.2 Å². The van der Waals surface area contributed by atoms with Crippen LogP contribution in [0.25, 0.3) is 0 Å². The Kier molecular flexibility index (Phi) is 4.56. The van der Waals surface area contributed by atoms with Gasteiger partial charge >= 0.3 is 0 Å². The van der Waals surface area contributed by atoms with Crippen molar-refractivity contribution in [2.75, 3.05) is 17.6 Å². The van der Waals surface area contributed by atoms with Crippen molar-refractivity contribution in [3.8, 4) is 0 Å². The average molecular weight is 470 g/mol. The van der Waals surface area contributed by atoms with Gasteiger partial charge in [0.15, 0.2) is 5.79 Å². The SMILES string of the molecule is C[C@@H]1CC2=CC3(CCC2C2CC[C@]4(CCI)C(=O)CCC4C21)OCCO3. The summed E-state index contributed by atoms with van der Waals surface area (Å²) in [6, 6.07) is 0. The van der Waals surface area contributed by atoms with Crippen molar-refractivity contribution in [3.05, 3.63) is 11.6 Å². The van der Waals surface area contributed by atoms with Gasteiger partial charge in [0.05, 0.1) is 13.2 Å². The third-order valence-electron chi connectivity index (χ3n) is 8.56. The number of ether oxygens (including phenoxy) is 2. The molecule has 1 aliphatic heterocycles. The largest absolute Gasteiger partial charge is 0.344 e. The lowest BCUT2D eigenvalue weighted by molar-refractivity contribution is -0.141. The molecule has 26 heavy (non-hydrogen) atoms. The van der Waals surface area contributed by atoms with Crippen molar-refractivity contribution in [1.82, 2.24) is 0 Å². The molecule has 0 bridgehead atoms. The second-order valence-corrected chi connectivity index (χ2v) is 10.6. The molecule has 4 fully saturated rings. The molecule has 5 aliphatic rings. The van der Waals surface area contributed by atoms with Crippen molar-refractivity contribution in [2.45, 2.75) is 64.1 Å². The van der Waals surface area contributed by atoms with E-state index >= 15 is 0 Å². The number of allylic oxidation sites excluding steroid dienone is 1. The van der Waals surface area contributed by atoms with Crippen LogP contribution in [0.4, 0.5) is 0 Å². The van der Waals surface area contributed by atoms with Gasteiger partial charge in [-0.15, -0.1) is 0 Å². The van der Waals surface area contributed by atoms with E-state index in [1.807, 2.05) is 0 Å². The molecule has 1 spiro atoms. The molecule has 144 valence electrons.